The largest absolute Gasteiger partial charge is 0.353 e. The summed E-state index contributed by atoms with van der Waals surface area (Å²) in [6.07, 6.45) is 1.18. The molecule has 0 bridgehead atoms. The van der Waals surface area contributed by atoms with Crippen LogP contribution in [0.2, 0.25) is 0 Å². The van der Waals surface area contributed by atoms with Crippen LogP contribution in [-0.2, 0) is 9.59 Å². The summed E-state index contributed by atoms with van der Waals surface area (Å²) in [5, 5.41) is 2.57. The molecule has 0 aromatic carbocycles. The molecule has 3 nitrogen and oxygen atoms in total. The van der Waals surface area contributed by atoms with Gasteiger partial charge in [0.05, 0.1) is 0 Å². The van der Waals surface area contributed by atoms with E-state index in [4.69, 9.17) is 0 Å². The predicted molar refractivity (Wildman–Crippen MR) is 34.0 cm³/mol. The average molecular weight is 129 g/mol. The maximum absolute atomic E-state index is 10.3. The van der Waals surface area contributed by atoms with E-state index >= 15 is 0 Å². The summed E-state index contributed by atoms with van der Waals surface area (Å²) < 4.78 is 0. The van der Waals surface area contributed by atoms with Gasteiger partial charge >= 0.3 is 0 Å². The van der Waals surface area contributed by atoms with E-state index in [0.29, 0.717) is 6.42 Å². The molecule has 9 heavy (non-hydrogen) atoms. The fourth-order valence-electron chi connectivity index (χ4n) is 0.550. The zero-order valence-corrected chi connectivity index (χ0v) is 5.68. The minimum atomic E-state index is -0.0932. The average Bonchev–Trinajstić information content (AvgIpc) is 1.63. The molecule has 0 fully saturated rings. The Hall–Kier alpha value is -0.860. The second-order valence-electron chi connectivity index (χ2n) is 2.00. The lowest BCUT2D eigenvalue weighted by Gasteiger charge is -2.06. The van der Waals surface area contributed by atoms with Gasteiger partial charge in [-0.05, 0) is 6.92 Å². The van der Waals surface area contributed by atoms with E-state index in [2.05, 4.69) is 5.32 Å². The monoisotopic (exact) mass is 129 g/mol. The molecule has 1 N–H and O–H groups in total. The molecule has 52 valence electrons. The van der Waals surface area contributed by atoms with Crippen LogP contribution >= 0.6 is 0 Å². The van der Waals surface area contributed by atoms with Crippen LogP contribution < -0.4 is 5.32 Å². The first-order chi connectivity index (χ1) is 4.16. The van der Waals surface area contributed by atoms with Crippen molar-refractivity contribution in [2.24, 2.45) is 0 Å². The molecule has 3 heteroatoms. The number of carbonyl (C=O) groups is 2. The van der Waals surface area contributed by atoms with Crippen LogP contribution in [0.4, 0.5) is 0 Å². The standard InChI is InChI=1S/C6H11NO2/c1-5(3-4-8)7-6(2)9/h4-5H,3H2,1-2H3,(H,7,9)/t5-/m1/s1. The number of carbonyl (C=O) groups excluding carboxylic acids is 2. The fraction of sp³-hybridized carbons (Fsp3) is 0.667. The molecule has 0 heterocycles. The fourth-order valence-corrected chi connectivity index (χ4v) is 0.550. The summed E-state index contributed by atoms with van der Waals surface area (Å²) in [7, 11) is 0. The zero-order chi connectivity index (χ0) is 7.28. The Labute approximate surface area is 54.4 Å². The molecule has 0 aromatic rings. The van der Waals surface area contributed by atoms with Crippen LogP contribution in [0.15, 0.2) is 0 Å². The van der Waals surface area contributed by atoms with Gasteiger partial charge in [0.2, 0.25) is 5.91 Å². The summed E-state index contributed by atoms with van der Waals surface area (Å²) in [5.74, 6) is -0.0932. The summed E-state index contributed by atoms with van der Waals surface area (Å²) in [4.78, 5) is 20.1. The van der Waals surface area contributed by atoms with Crippen molar-refractivity contribution in [3.8, 4) is 0 Å². The van der Waals surface area contributed by atoms with E-state index in [-0.39, 0.29) is 11.9 Å². The van der Waals surface area contributed by atoms with Gasteiger partial charge in [0.1, 0.15) is 6.29 Å². The van der Waals surface area contributed by atoms with Gasteiger partial charge in [-0.3, -0.25) is 4.79 Å². The minimum Gasteiger partial charge on any atom is -0.353 e. The Bertz CT molecular complexity index is 112. The van der Waals surface area contributed by atoms with Crippen molar-refractivity contribution in [3.05, 3.63) is 0 Å². The highest BCUT2D eigenvalue weighted by Crippen LogP contribution is 1.83. The Balaban J connectivity index is 3.37. The minimum absolute atomic E-state index is 0.0278. The van der Waals surface area contributed by atoms with E-state index in [1.807, 2.05) is 0 Å². The summed E-state index contributed by atoms with van der Waals surface area (Å²) in [6, 6.07) is -0.0278. The highest BCUT2D eigenvalue weighted by Gasteiger charge is 1.99. The highest BCUT2D eigenvalue weighted by atomic mass is 16.1. The lowest BCUT2D eigenvalue weighted by atomic mass is 10.2. The lowest BCUT2D eigenvalue weighted by molar-refractivity contribution is -0.119. The Morgan fingerprint density at radius 2 is 2.33 bits per heavy atom. The maximum Gasteiger partial charge on any atom is 0.217 e. The van der Waals surface area contributed by atoms with Gasteiger partial charge in [-0.2, -0.15) is 0 Å². The number of aldehydes is 1. The molecule has 0 saturated heterocycles. The summed E-state index contributed by atoms with van der Waals surface area (Å²) >= 11 is 0. The van der Waals surface area contributed by atoms with Crippen molar-refractivity contribution in [2.45, 2.75) is 26.3 Å². The molecule has 1 amide bonds. The molecule has 0 spiro atoms. The van der Waals surface area contributed by atoms with Crippen molar-refractivity contribution in [1.29, 1.82) is 0 Å². The normalized spacial score (nSPS) is 12.2. The topological polar surface area (TPSA) is 46.2 Å². The second kappa shape index (κ2) is 4.06. The van der Waals surface area contributed by atoms with Gasteiger partial charge in [-0.25, -0.2) is 0 Å². The molecular formula is C6H11NO2. The van der Waals surface area contributed by atoms with E-state index in [9.17, 15) is 9.59 Å². The van der Waals surface area contributed by atoms with E-state index in [1.165, 1.54) is 6.92 Å². The summed E-state index contributed by atoms with van der Waals surface area (Å²) in [5.41, 5.74) is 0. The van der Waals surface area contributed by atoms with Gasteiger partial charge in [0, 0.05) is 19.4 Å². The van der Waals surface area contributed by atoms with Gasteiger partial charge in [0.15, 0.2) is 0 Å². The van der Waals surface area contributed by atoms with Gasteiger partial charge in [-0.15, -0.1) is 0 Å². The maximum atomic E-state index is 10.3. The number of nitrogens with one attached hydrogen (secondary N) is 1. The first-order valence-electron chi connectivity index (χ1n) is 2.87. The SMILES string of the molecule is CC(=O)N[C@H](C)CC=O. The van der Waals surface area contributed by atoms with Crippen molar-refractivity contribution in [2.75, 3.05) is 0 Å². The lowest BCUT2D eigenvalue weighted by Crippen LogP contribution is -2.30. The van der Waals surface area contributed by atoms with E-state index in [1.54, 1.807) is 6.92 Å². The Kier molecular flexibility index (Phi) is 3.67. The van der Waals surface area contributed by atoms with Crippen LogP contribution in [0.1, 0.15) is 20.3 Å². The van der Waals surface area contributed by atoms with Crippen molar-refractivity contribution >= 4 is 12.2 Å². The van der Waals surface area contributed by atoms with Crippen LogP contribution in [-0.4, -0.2) is 18.2 Å². The third-order valence-corrected chi connectivity index (χ3v) is 0.899. The third kappa shape index (κ3) is 5.00. The molecule has 0 radical (unpaired) electrons. The smallest absolute Gasteiger partial charge is 0.217 e. The molecular weight excluding hydrogens is 118 g/mol. The molecule has 0 rings (SSSR count). The van der Waals surface area contributed by atoms with Crippen molar-refractivity contribution in [3.63, 3.8) is 0 Å². The van der Waals surface area contributed by atoms with Crippen LogP contribution in [0.25, 0.3) is 0 Å². The Morgan fingerprint density at radius 3 is 2.67 bits per heavy atom. The van der Waals surface area contributed by atoms with Gasteiger partial charge < -0.3 is 10.1 Å². The molecule has 0 aliphatic rings. The quantitative estimate of drug-likeness (QED) is 0.549. The van der Waals surface area contributed by atoms with Crippen LogP contribution in [0, 0.1) is 0 Å². The highest BCUT2D eigenvalue weighted by molar-refractivity contribution is 5.73. The third-order valence-electron chi connectivity index (χ3n) is 0.899. The number of hydrogen-bond donors (Lipinski definition) is 1. The zero-order valence-electron chi connectivity index (χ0n) is 5.68. The Morgan fingerprint density at radius 1 is 1.78 bits per heavy atom. The predicted octanol–water partition coefficient (Wildman–Crippen LogP) is 0.100. The molecule has 1 atom stereocenters. The van der Waals surface area contributed by atoms with Crippen molar-refractivity contribution < 1.29 is 9.59 Å². The first-order valence-corrected chi connectivity index (χ1v) is 2.87. The van der Waals surface area contributed by atoms with Gasteiger partial charge in [0.25, 0.3) is 0 Å². The molecule has 0 aromatic heterocycles. The molecule has 0 unspecified atom stereocenters. The van der Waals surface area contributed by atoms with Gasteiger partial charge in [-0.1, -0.05) is 0 Å². The number of hydrogen-bond acceptors (Lipinski definition) is 2. The molecule has 0 saturated carbocycles. The van der Waals surface area contributed by atoms with E-state index < -0.39 is 0 Å². The van der Waals surface area contributed by atoms with Crippen LogP contribution in [0.3, 0.4) is 0 Å². The van der Waals surface area contributed by atoms with E-state index in [0.717, 1.165) is 6.29 Å². The number of amides is 1. The summed E-state index contributed by atoms with van der Waals surface area (Å²) in [6.45, 7) is 3.22. The molecule has 0 aliphatic carbocycles. The molecule has 0 aliphatic heterocycles. The number of rotatable bonds is 3. The first kappa shape index (κ1) is 8.14. The second-order valence-corrected chi connectivity index (χ2v) is 2.00. The van der Waals surface area contributed by atoms with Crippen molar-refractivity contribution in [1.82, 2.24) is 5.32 Å². The van der Waals surface area contributed by atoms with Crippen LogP contribution in [0.5, 0.6) is 0 Å².